The first-order chi connectivity index (χ1) is 13.5. The molecule has 2 aromatic carbocycles. The molecule has 0 fully saturated rings. The molecule has 8 heteroatoms. The van der Waals surface area contributed by atoms with E-state index in [-0.39, 0.29) is 27.7 Å². The van der Waals surface area contributed by atoms with Crippen LogP contribution in [0.15, 0.2) is 60.9 Å². The van der Waals surface area contributed by atoms with Gasteiger partial charge in [0.25, 0.3) is 0 Å². The van der Waals surface area contributed by atoms with E-state index in [2.05, 4.69) is 20.2 Å². The van der Waals surface area contributed by atoms with Gasteiger partial charge in [-0.2, -0.15) is 5.10 Å². The van der Waals surface area contributed by atoms with E-state index in [1.54, 1.807) is 0 Å². The van der Waals surface area contributed by atoms with Crippen molar-refractivity contribution in [3.05, 3.63) is 83.4 Å². The van der Waals surface area contributed by atoms with Crippen molar-refractivity contribution in [1.29, 1.82) is 0 Å². The Morgan fingerprint density at radius 1 is 0.821 bits per heavy atom. The Morgan fingerprint density at radius 3 is 2.46 bits per heavy atom. The zero-order valence-electron chi connectivity index (χ0n) is 14.1. The zero-order valence-corrected chi connectivity index (χ0v) is 14.8. The molecule has 0 radical (unpaired) electrons. The Kier molecular flexibility index (Phi) is 4.75. The van der Waals surface area contributed by atoms with Crippen molar-refractivity contribution in [2.24, 2.45) is 0 Å². The standard InChI is InChI=1S/C20H10ClF3N4/c21-12-4-5-13(17(24)9-12)20-27-18(10-26-28-20)11-3-6-15(22)14(8-11)19-16(23)2-1-7-25-19/h1-10H. The molecule has 0 aliphatic rings. The topological polar surface area (TPSA) is 51.6 Å². The van der Waals surface area contributed by atoms with E-state index in [4.69, 9.17) is 11.6 Å². The molecule has 0 atom stereocenters. The van der Waals surface area contributed by atoms with Gasteiger partial charge in [0.15, 0.2) is 5.82 Å². The maximum absolute atomic E-state index is 14.3. The molecule has 0 aliphatic carbocycles. The summed E-state index contributed by atoms with van der Waals surface area (Å²) in [5.74, 6) is -1.83. The third-order valence-electron chi connectivity index (χ3n) is 4.01. The van der Waals surface area contributed by atoms with E-state index < -0.39 is 17.5 Å². The highest BCUT2D eigenvalue weighted by molar-refractivity contribution is 6.30. The van der Waals surface area contributed by atoms with Crippen LogP contribution in [0.3, 0.4) is 0 Å². The maximum atomic E-state index is 14.3. The largest absolute Gasteiger partial charge is 0.253 e. The van der Waals surface area contributed by atoms with Crippen molar-refractivity contribution in [2.75, 3.05) is 0 Å². The van der Waals surface area contributed by atoms with Crippen LogP contribution in [0.1, 0.15) is 0 Å². The van der Waals surface area contributed by atoms with Crippen LogP contribution < -0.4 is 0 Å². The van der Waals surface area contributed by atoms with Gasteiger partial charge in [-0.05, 0) is 48.5 Å². The first-order valence-electron chi connectivity index (χ1n) is 8.09. The number of benzene rings is 2. The molecule has 0 saturated heterocycles. The fourth-order valence-electron chi connectivity index (χ4n) is 2.68. The molecule has 0 bridgehead atoms. The van der Waals surface area contributed by atoms with Crippen molar-refractivity contribution >= 4 is 11.6 Å². The van der Waals surface area contributed by atoms with E-state index >= 15 is 0 Å². The number of pyridine rings is 1. The number of rotatable bonds is 3. The van der Waals surface area contributed by atoms with E-state index in [0.29, 0.717) is 11.3 Å². The van der Waals surface area contributed by atoms with Gasteiger partial charge in [-0.15, -0.1) is 5.10 Å². The average Bonchev–Trinajstić information content (AvgIpc) is 2.69. The van der Waals surface area contributed by atoms with Gasteiger partial charge in [0, 0.05) is 22.3 Å². The summed E-state index contributed by atoms with van der Waals surface area (Å²) in [6.07, 6.45) is 2.72. The van der Waals surface area contributed by atoms with Crippen molar-refractivity contribution in [1.82, 2.24) is 20.2 Å². The van der Waals surface area contributed by atoms with Gasteiger partial charge in [0.1, 0.15) is 23.1 Å². The second-order valence-corrected chi connectivity index (χ2v) is 6.25. The minimum absolute atomic E-state index is 0.0200. The average molecular weight is 399 g/mol. The molecular weight excluding hydrogens is 389 g/mol. The van der Waals surface area contributed by atoms with Crippen LogP contribution in [0.2, 0.25) is 5.02 Å². The van der Waals surface area contributed by atoms with Gasteiger partial charge in [0.05, 0.1) is 17.5 Å². The zero-order chi connectivity index (χ0) is 19.7. The first kappa shape index (κ1) is 18.1. The number of hydrogen-bond donors (Lipinski definition) is 0. The van der Waals surface area contributed by atoms with Crippen LogP contribution in [0.4, 0.5) is 13.2 Å². The molecule has 0 N–H and O–H groups in total. The highest BCUT2D eigenvalue weighted by Gasteiger charge is 2.15. The number of hydrogen-bond acceptors (Lipinski definition) is 4. The van der Waals surface area contributed by atoms with Crippen molar-refractivity contribution in [3.8, 4) is 33.9 Å². The smallest absolute Gasteiger partial charge is 0.185 e. The Labute approximate surface area is 162 Å². The lowest BCUT2D eigenvalue weighted by Gasteiger charge is -2.08. The quantitative estimate of drug-likeness (QED) is 0.467. The molecule has 4 aromatic rings. The highest BCUT2D eigenvalue weighted by Crippen LogP contribution is 2.29. The summed E-state index contributed by atoms with van der Waals surface area (Å²) in [6.45, 7) is 0. The molecule has 0 saturated carbocycles. The SMILES string of the molecule is Fc1cc(Cl)ccc1-c1nncc(-c2ccc(F)c(-c3ncccc3F)c2)n1. The predicted molar refractivity (Wildman–Crippen MR) is 98.8 cm³/mol. The normalized spacial score (nSPS) is 10.9. The molecule has 0 aliphatic heterocycles. The summed E-state index contributed by atoms with van der Waals surface area (Å²) in [5, 5.41) is 7.94. The van der Waals surface area contributed by atoms with Crippen molar-refractivity contribution < 1.29 is 13.2 Å². The fraction of sp³-hybridized carbons (Fsp3) is 0. The van der Waals surface area contributed by atoms with Crippen LogP contribution in [0.5, 0.6) is 0 Å². The van der Waals surface area contributed by atoms with Crippen molar-refractivity contribution in [2.45, 2.75) is 0 Å². The molecular formula is C20H10ClF3N4. The monoisotopic (exact) mass is 398 g/mol. The van der Waals surface area contributed by atoms with Gasteiger partial charge >= 0.3 is 0 Å². The number of aromatic nitrogens is 4. The highest BCUT2D eigenvalue weighted by atomic mass is 35.5. The Morgan fingerprint density at radius 2 is 1.68 bits per heavy atom. The van der Waals surface area contributed by atoms with Gasteiger partial charge in [-0.1, -0.05) is 11.6 Å². The van der Waals surface area contributed by atoms with Crippen molar-refractivity contribution in [3.63, 3.8) is 0 Å². The molecule has 28 heavy (non-hydrogen) atoms. The van der Waals surface area contributed by atoms with Crippen LogP contribution in [-0.2, 0) is 0 Å². The molecule has 138 valence electrons. The van der Waals surface area contributed by atoms with Gasteiger partial charge in [-0.3, -0.25) is 4.98 Å². The maximum Gasteiger partial charge on any atom is 0.185 e. The molecule has 0 spiro atoms. The van der Waals surface area contributed by atoms with Crippen LogP contribution >= 0.6 is 11.6 Å². The van der Waals surface area contributed by atoms with E-state index in [1.165, 1.54) is 54.9 Å². The summed E-state index contributed by atoms with van der Waals surface area (Å²) in [5.41, 5.74) is 0.752. The number of halogens is 4. The second kappa shape index (κ2) is 7.36. The number of nitrogens with zero attached hydrogens (tertiary/aromatic N) is 4. The summed E-state index contributed by atoms with van der Waals surface area (Å²) < 4.78 is 42.5. The Balaban J connectivity index is 1.80. The van der Waals surface area contributed by atoms with Gasteiger partial charge in [-0.25, -0.2) is 18.2 Å². The lowest BCUT2D eigenvalue weighted by Crippen LogP contribution is -1.98. The third kappa shape index (κ3) is 3.44. The van der Waals surface area contributed by atoms with E-state index in [1.807, 2.05) is 0 Å². The molecule has 2 aromatic heterocycles. The van der Waals surface area contributed by atoms with Crippen LogP contribution in [0, 0.1) is 17.5 Å². The summed E-state index contributed by atoms with van der Waals surface area (Å²) in [6, 6.07) is 10.8. The lowest BCUT2D eigenvalue weighted by molar-refractivity contribution is 0.611. The second-order valence-electron chi connectivity index (χ2n) is 5.82. The third-order valence-corrected chi connectivity index (χ3v) is 4.24. The van der Waals surface area contributed by atoms with Gasteiger partial charge < -0.3 is 0 Å². The van der Waals surface area contributed by atoms with Crippen LogP contribution in [-0.4, -0.2) is 20.2 Å². The summed E-state index contributed by atoms with van der Waals surface area (Å²) in [7, 11) is 0. The predicted octanol–water partition coefficient (Wildman–Crippen LogP) is 5.34. The molecule has 2 heterocycles. The Hall–Kier alpha value is -3.32. The van der Waals surface area contributed by atoms with E-state index in [9.17, 15) is 13.2 Å². The minimum Gasteiger partial charge on any atom is -0.253 e. The summed E-state index contributed by atoms with van der Waals surface area (Å²) >= 11 is 5.77. The molecule has 0 unspecified atom stereocenters. The van der Waals surface area contributed by atoms with E-state index in [0.717, 1.165) is 6.07 Å². The van der Waals surface area contributed by atoms with Crippen LogP contribution in [0.25, 0.3) is 33.9 Å². The molecule has 4 nitrogen and oxygen atoms in total. The lowest BCUT2D eigenvalue weighted by atomic mass is 10.0. The minimum atomic E-state index is -0.650. The molecule has 0 amide bonds. The Bertz CT molecular complexity index is 1180. The van der Waals surface area contributed by atoms with Gasteiger partial charge in [0.2, 0.25) is 0 Å². The first-order valence-corrected chi connectivity index (χ1v) is 8.46. The molecule has 4 rings (SSSR count). The fourth-order valence-corrected chi connectivity index (χ4v) is 2.84. The summed E-state index contributed by atoms with van der Waals surface area (Å²) in [4.78, 5) is 8.20.